The molecular weight excluding hydrogens is 713 g/mol. The maximum atomic E-state index is 10.8. The quantitative estimate of drug-likeness (QED) is 0.106. The predicted octanol–water partition coefficient (Wildman–Crippen LogP) is 10.5. The van der Waals surface area contributed by atoms with Crippen molar-refractivity contribution in [3.8, 4) is 0 Å². The molecule has 1 fully saturated rings. The molecule has 57 heavy (non-hydrogen) atoms. The molecule has 0 saturated carbocycles. The van der Waals surface area contributed by atoms with Crippen molar-refractivity contribution in [1.82, 2.24) is 0 Å². The van der Waals surface area contributed by atoms with Gasteiger partial charge < -0.3 is 34.3 Å². The second kappa shape index (κ2) is 24.7. The van der Waals surface area contributed by atoms with Gasteiger partial charge in [0.25, 0.3) is 0 Å². The Balaban J connectivity index is 1.83. The lowest BCUT2D eigenvalue weighted by Gasteiger charge is -2.42. The summed E-state index contributed by atoms with van der Waals surface area (Å²) in [7, 11) is 3.13. The highest BCUT2D eigenvalue weighted by atomic mass is 16.6. The molecule has 7 heteroatoms. The van der Waals surface area contributed by atoms with Crippen LogP contribution in [-0.4, -0.2) is 84.5 Å². The van der Waals surface area contributed by atoms with Gasteiger partial charge in [0.2, 0.25) is 0 Å². The molecular formula is C50H76O7. The summed E-state index contributed by atoms with van der Waals surface area (Å²) in [5.74, 6) is 0. The van der Waals surface area contributed by atoms with Crippen LogP contribution in [0.25, 0.3) is 0 Å². The highest BCUT2D eigenvalue weighted by molar-refractivity contribution is 5.38. The van der Waals surface area contributed by atoms with Gasteiger partial charge >= 0.3 is 0 Å². The van der Waals surface area contributed by atoms with Crippen molar-refractivity contribution >= 4 is 0 Å². The Morgan fingerprint density at radius 3 is 1.82 bits per heavy atom. The average Bonchev–Trinajstić information content (AvgIpc) is 3.10. The molecule has 2 aliphatic rings. The lowest BCUT2D eigenvalue weighted by molar-refractivity contribution is -0.235. The summed E-state index contributed by atoms with van der Waals surface area (Å²) in [6.45, 7) is 22.8. The van der Waals surface area contributed by atoms with Crippen molar-refractivity contribution in [2.75, 3.05) is 20.8 Å². The van der Waals surface area contributed by atoms with E-state index in [0.29, 0.717) is 19.4 Å². The SMILES string of the molecule is CO[C@H]1[C@@H](O)[C@H](OC)[C@H](CCO[C@@H](CC/C(C)=C/C=C/C(C)=C/C=C/C(C)=C/C=C/C=C(C)/C=C/C=C(C)/C=C/C2=C(C)C[C@@H](O)CC2(C)C)C(C)(C)O)O[C@H]1C. The highest BCUT2D eigenvalue weighted by Crippen LogP contribution is 2.41. The molecule has 0 bridgehead atoms. The number of hydrogen-bond acceptors (Lipinski definition) is 7. The van der Waals surface area contributed by atoms with Crippen molar-refractivity contribution < 1.29 is 34.3 Å². The molecule has 0 spiro atoms. The fraction of sp³-hybridized carbons (Fsp3) is 0.560. The highest BCUT2D eigenvalue weighted by Gasteiger charge is 2.44. The Morgan fingerprint density at radius 2 is 1.32 bits per heavy atom. The molecule has 0 aromatic rings. The summed E-state index contributed by atoms with van der Waals surface area (Å²) in [6.07, 6.45) is 32.2. The molecule has 3 N–H and O–H groups in total. The molecule has 7 nitrogen and oxygen atoms in total. The predicted molar refractivity (Wildman–Crippen MR) is 238 cm³/mol. The van der Waals surface area contributed by atoms with E-state index in [2.05, 4.69) is 147 Å². The van der Waals surface area contributed by atoms with Gasteiger partial charge in [0, 0.05) is 20.8 Å². The lowest BCUT2D eigenvalue weighted by atomic mass is 9.71. The van der Waals surface area contributed by atoms with Crippen LogP contribution in [0.1, 0.15) is 108 Å². The largest absolute Gasteiger partial charge is 0.393 e. The van der Waals surface area contributed by atoms with E-state index < -0.39 is 23.9 Å². The van der Waals surface area contributed by atoms with Gasteiger partial charge in [-0.15, -0.1) is 0 Å². The third-order valence-corrected chi connectivity index (χ3v) is 10.7. The standard InChI is InChI=1S/C50H76O7/c1-35(19-14-15-20-36(2)22-17-25-38(4)27-29-43-40(6)33-42(51)34-49(43,8)9)21-16-23-37(3)24-18-26-39(5)28-30-45(50(10,11)53)56-32-31-44-48(55-13)46(52)47(54-12)41(7)57-44/h14-27,29,41-42,44-48,51-53H,28,30-34H2,1-13H3/b15-14+,21-16+,22-17+,24-18+,29-27+,35-19+,36-20+,37-23+,38-25+,39-26+/t41-,42+,44-,45-,46+,47+,48+/m0/s1. The Morgan fingerprint density at radius 1 is 0.807 bits per heavy atom. The minimum Gasteiger partial charge on any atom is -0.393 e. The van der Waals surface area contributed by atoms with E-state index in [0.717, 1.165) is 30.4 Å². The number of rotatable bonds is 20. The molecule has 318 valence electrons. The van der Waals surface area contributed by atoms with Crippen molar-refractivity contribution in [2.45, 2.75) is 157 Å². The molecule has 2 rings (SSSR count). The van der Waals surface area contributed by atoms with E-state index in [1.54, 1.807) is 28.1 Å². The first kappa shape index (κ1) is 50.0. The van der Waals surface area contributed by atoms with Gasteiger partial charge in [0.05, 0.1) is 30.0 Å². The van der Waals surface area contributed by atoms with Gasteiger partial charge in [-0.1, -0.05) is 138 Å². The van der Waals surface area contributed by atoms with E-state index in [1.165, 1.54) is 27.9 Å². The van der Waals surface area contributed by atoms with Gasteiger partial charge in [-0.25, -0.2) is 0 Å². The second-order valence-electron chi connectivity index (χ2n) is 17.2. The topological polar surface area (TPSA) is 97.6 Å². The molecule has 1 aliphatic heterocycles. The van der Waals surface area contributed by atoms with Crippen molar-refractivity contribution in [3.05, 3.63) is 130 Å². The first-order chi connectivity index (χ1) is 26.8. The van der Waals surface area contributed by atoms with Crippen LogP contribution in [-0.2, 0) is 18.9 Å². The molecule has 1 saturated heterocycles. The zero-order valence-corrected chi connectivity index (χ0v) is 37.4. The van der Waals surface area contributed by atoms with E-state index in [9.17, 15) is 15.3 Å². The minimum atomic E-state index is -1.01. The van der Waals surface area contributed by atoms with Crippen molar-refractivity contribution in [3.63, 3.8) is 0 Å². The van der Waals surface area contributed by atoms with Gasteiger partial charge in [0.15, 0.2) is 0 Å². The van der Waals surface area contributed by atoms with E-state index in [1.807, 2.05) is 6.92 Å². The Labute approximate surface area is 346 Å². The van der Waals surface area contributed by atoms with Gasteiger partial charge in [-0.05, 0) is 105 Å². The summed E-state index contributed by atoms with van der Waals surface area (Å²) in [5, 5.41) is 31.7. The average molecular weight is 789 g/mol. The number of ether oxygens (including phenoxy) is 4. The fourth-order valence-corrected chi connectivity index (χ4v) is 7.48. The molecule has 0 aromatic carbocycles. The lowest BCUT2D eigenvalue weighted by Crippen LogP contribution is -2.58. The van der Waals surface area contributed by atoms with Gasteiger partial charge in [-0.3, -0.25) is 0 Å². The molecule has 0 amide bonds. The Bertz CT molecular complexity index is 1600. The maximum Gasteiger partial charge on any atom is 0.112 e. The third kappa shape index (κ3) is 18.1. The second-order valence-corrected chi connectivity index (χ2v) is 17.2. The molecule has 0 aromatic heterocycles. The van der Waals surface area contributed by atoms with Gasteiger partial charge in [-0.2, -0.15) is 0 Å². The number of hydrogen-bond donors (Lipinski definition) is 3. The Kier molecular flexibility index (Phi) is 21.7. The van der Waals surface area contributed by atoms with E-state index in [4.69, 9.17) is 18.9 Å². The molecule has 0 unspecified atom stereocenters. The van der Waals surface area contributed by atoms with Gasteiger partial charge in [0.1, 0.15) is 18.3 Å². The molecule has 1 heterocycles. The molecule has 7 atom stereocenters. The third-order valence-electron chi connectivity index (χ3n) is 10.7. The first-order valence-electron chi connectivity index (χ1n) is 20.6. The normalized spacial score (nSPS) is 27.1. The van der Waals surface area contributed by atoms with Crippen LogP contribution in [0, 0.1) is 5.41 Å². The fourth-order valence-electron chi connectivity index (χ4n) is 7.48. The smallest absolute Gasteiger partial charge is 0.112 e. The van der Waals surface area contributed by atoms with E-state index in [-0.39, 0.29) is 29.8 Å². The first-order valence-corrected chi connectivity index (χ1v) is 20.6. The Hall–Kier alpha value is -3.14. The van der Waals surface area contributed by atoms with Crippen LogP contribution in [0.5, 0.6) is 0 Å². The van der Waals surface area contributed by atoms with Crippen LogP contribution in [0.2, 0.25) is 0 Å². The van der Waals surface area contributed by atoms with E-state index >= 15 is 0 Å². The monoisotopic (exact) mass is 789 g/mol. The zero-order valence-electron chi connectivity index (χ0n) is 37.4. The summed E-state index contributed by atoms with van der Waals surface area (Å²) in [4.78, 5) is 0. The number of aliphatic hydroxyl groups is 3. The maximum absolute atomic E-state index is 10.8. The molecule has 1 aliphatic carbocycles. The van der Waals surface area contributed by atoms with Crippen LogP contribution in [0.3, 0.4) is 0 Å². The number of methoxy groups -OCH3 is 2. The summed E-state index contributed by atoms with van der Waals surface area (Å²) in [6, 6.07) is 0. The number of allylic oxidation sites excluding steroid dienone is 21. The minimum absolute atomic E-state index is 0.0115. The summed E-state index contributed by atoms with van der Waals surface area (Å²) >= 11 is 0. The molecule has 0 radical (unpaired) electrons. The summed E-state index contributed by atoms with van der Waals surface area (Å²) < 4.78 is 23.2. The van der Waals surface area contributed by atoms with Crippen LogP contribution in [0.15, 0.2) is 130 Å². The van der Waals surface area contributed by atoms with Crippen molar-refractivity contribution in [2.24, 2.45) is 5.41 Å². The van der Waals surface area contributed by atoms with Crippen LogP contribution < -0.4 is 0 Å². The summed E-state index contributed by atoms with van der Waals surface area (Å²) in [5.41, 5.74) is 7.44. The number of aliphatic hydroxyl groups excluding tert-OH is 2. The van der Waals surface area contributed by atoms with Crippen LogP contribution in [0.4, 0.5) is 0 Å². The van der Waals surface area contributed by atoms with Crippen LogP contribution >= 0.6 is 0 Å². The van der Waals surface area contributed by atoms with Crippen molar-refractivity contribution in [1.29, 1.82) is 0 Å². The zero-order chi connectivity index (χ0) is 42.8.